The van der Waals surface area contributed by atoms with Gasteiger partial charge in [-0.2, -0.15) is 0 Å². The first-order valence-electron chi connectivity index (χ1n) is 6.15. The van der Waals surface area contributed by atoms with Gasteiger partial charge in [-0.25, -0.2) is 13.1 Å². The molecule has 1 aromatic carbocycles. The Morgan fingerprint density at radius 3 is 2.62 bits per heavy atom. The number of furan rings is 1. The highest BCUT2D eigenvalue weighted by atomic mass is 35.5. The molecule has 0 atom stereocenters. The van der Waals surface area contributed by atoms with Crippen LogP contribution in [0, 0.1) is 0 Å². The van der Waals surface area contributed by atoms with Gasteiger partial charge in [-0.15, -0.1) is 0 Å². The lowest BCUT2D eigenvalue weighted by atomic mass is 10.1. The predicted octanol–water partition coefficient (Wildman–Crippen LogP) is 3.16. The van der Waals surface area contributed by atoms with E-state index < -0.39 is 27.4 Å². The van der Waals surface area contributed by atoms with Crippen molar-refractivity contribution >= 4 is 27.5 Å². The van der Waals surface area contributed by atoms with Gasteiger partial charge in [0.1, 0.15) is 0 Å². The molecule has 0 radical (unpaired) electrons. The summed E-state index contributed by atoms with van der Waals surface area (Å²) in [5.74, 6) is -1.82. The molecule has 0 unspecified atom stereocenters. The van der Waals surface area contributed by atoms with Crippen LogP contribution in [0.1, 0.15) is 13.3 Å². The highest BCUT2D eigenvalue weighted by Gasteiger charge is 2.24. The van der Waals surface area contributed by atoms with Crippen LogP contribution in [0.4, 0.5) is 5.88 Å². The van der Waals surface area contributed by atoms with E-state index in [1.807, 2.05) is 0 Å². The van der Waals surface area contributed by atoms with Crippen LogP contribution in [-0.2, 0) is 10.0 Å². The van der Waals surface area contributed by atoms with Crippen LogP contribution in [0.5, 0.6) is 11.5 Å². The second-order valence-electron chi connectivity index (χ2n) is 4.39. The molecule has 1 heterocycles. The highest BCUT2D eigenvalue weighted by molar-refractivity contribution is 7.92. The summed E-state index contributed by atoms with van der Waals surface area (Å²) in [6.45, 7) is 1.70. The van der Waals surface area contributed by atoms with E-state index in [-0.39, 0.29) is 11.5 Å². The first kappa shape index (κ1) is 15.5. The van der Waals surface area contributed by atoms with Gasteiger partial charge in [0.25, 0.3) is 5.88 Å². The molecular formula is C13H14ClNO5S. The van der Waals surface area contributed by atoms with Crippen LogP contribution in [0.3, 0.4) is 0 Å². The topological polar surface area (TPSA) is 99.8 Å². The van der Waals surface area contributed by atoms with Gasteiger partial charge < -0.3 is 14.6 Å². The van der Waals surface area contributed by atoms with Crippen molar-refractivity contribution in [2.24, 2.45) is 0 Å². The third-order valence-corrected chi connectivity index (χ3v) is 4.34. The van der Waals surface area contributed by atoms with Crippen LogP contribution >= 0.6 is 11.6 Å². The Bertz CT molecular complexity index is 754. The number of halogens is 1. The molecule has 0 saturated carbocycles. The lowest BCUT2D eigenvalue weighted by molar-refractivity contribution is 0.410. The molecule has 6 nitrogen and oxygen atoms in total. The van der Waals surface area contributed by atoms with Crippen molar-refractivity contribution in [1.29, 1.82) is 0 Å². The maximum absolute atomic E-state index is 11.7. The highest BCUT2D eigenvalue weighted by Crippen LogP contribution is 2.45. The monoisotopic (exact) mass is 331 g/mol. The summed E-state index contributed by atoms with van der Waals surface area (Å²) in [6.07, 6.45) is 0.407. The van der Waals surface area contributed by atoms with Gasteiger partial charge in [0.2, 0.25) is 21.5 Å². The zero-order valence-electron chi connectivity index (χ0n) is 11.1. The van der Waals surface area contributed by atoms with Crippen molar-refractivity contribution < 1.29 is 23.0 Å². The minimum Gasteiger partial charge on any atom is -0.502 e. The number of anilines is 1. The fourth-order valence-corrected chi connectivity index (χ4v) is 3.02. The SMILES string of the molecule is CCCS(=O)(=O)Nc1oc(-c2cccc(Cl)c2)c(O)c1O. The zero-order valence-corrected chi connectivity index (χ0v) is 12.7. The minimum absolute atomic E-state index is 0.0656. The van der Waals surface area contributed by atoms with Crippen molar-refractivity contribution in [2.75, 3.05) is 10.5 Å². The average Bonchev–Trinajstić information content (AvgIpc) is 2.66. The molecule has 8 heteroatoms. The summed E-state index contributed by atoms with van der Waals surface area (Å²) in [5.41, 5.74) is 0.413. The van der Waals surface area contributed by atoms with Crippen molar-refractivity contribution in [2.45, 2.75) is 13.3 Å². The Morgan fingerprint density at radius 1 is 1.29 bits per heavy atom. The first-order chi connectivity index (χ1) is 9.84. The van der Waals surface area contributed by atoms with Crippen molar-refractivity contribution in [3.05, 3.63) is 29.3 Å². The Labute approximate surface area is 127 Å². The van der Waals surface area contributed by atoms with E-state index in [0.29, 0.717) is 17.0 Å². The molecular weight excluding hydrogens is 318 g/mol. The standard InChI is InChI=1S/C13H14ClNO5S/c1-2-6-21(18,19)15-13-11(17)10(16)12(20-13)8-4-3-5-9(14)7-8/h3-5,7,15-17H,2,6H2,1H3. The van der Waals surface area contributed by atoms with Crippen LogP contribution in [0.15, 0.2) is 28.7 Å². The van der Waals surface area contributed by atoms with E-state index in [1.165, 1.54) is 6.07 Å². The Morgan fingerprint density at radius 2 is 2.00 bits per heavy atom. The summed E-state index contributed by atoms with van der Waals surface area (Å²) in [5, 5.41) is 20.1. The van der Waals surface area contributed by atoms with Gasteiger partial charge in [-0.05, 0) is 18.6 Å². The molecule has 0 spiro atoms. The quantitative estimate of drug-likeness (QED) is 0.781. The number of nitrogens with one attached hydrogen (secondary N) is 1. The molecule has 114 valence electrons. The molecule has 21 heavy (non-hydrogen) atoms. The fourth-order valence-electron chi connectivity index (χ4n) is 1.77. The molecule has 0 amide bonds. The van der Waals surface area contributed by atoms with Crippen molar-refractivity contribution in [3.8, 4) is 22.8 Å². The largest absolute Gasteiger partial charge is 0.502 e. The summed E-state index contributed by atoms with van der Waals surface area (Å²) in [4.78, 5) is 0. The lowest BCUT2D eigenvalue weighted by Crippen LogP contribution is -2.15. The van der Waals surface area contributed by atoms with Gasteiger partial charge in [0.15, 0.2) is 5.76 Å². The number of hydrogen-bond donors (Lipinski definition) is 3. The van der Waals surface area contributed by atoms with E-state index in [2.05, 4.69) is 4.72 Å². The molecule has 0 fully saturated rings. The number of aromatic hydroxyl groups is 2. The van der Waals surface area contributed by atoms with Crippen molar-refractivity contribution in [1.82, 2.24) is 0 Å². The van der Waals surface area contributed by atoms with Gasteiger partial charge >= 0.3 is 0 Å². The smallest absolute Gasteiger partial charge is 0.253 e. The second kappa shape index (κ2) is 5.87. The third kappa shape index (κ3) is 3.43. The Kier molecular flexibility index (Phi) is 4.34. The summed E-state index contributed by atoms with van der Waals surface area (Å²) in [7, 11) is -3.64. The molecule has 2 rings (SSSR count). The van der Waals surface area contributed by atoms with Crippen LogP contribution in [-0.4, -0.2) is 24.4 Å². The molecule has 0 aliphatic rings. The van der Waals surface area contributed by atoms with Gasteiger partial charge in [0, 0.05) is 10.6 Å². The summed E-state index contributed by atoms with van der Waals surface area (Å²) >= 11 is 5.84. The Balaban J connectivity index is 2.42. The zero-order chi connectivity index (χ0) is 15.6. The second-order valence-corrected chi connectivity index (χ2v) is 6.67. The molecule has 1 aromatic heterocycles. The summed E-state index contributed by atoms with van der Waals surface area (Å²) in [6, 6.07) is 6.39. The molecule has 2 aromatic rings. The van der Waals surface area contributed by atoms with Crippen LogP contribution in [0.2, 0.25) is 5.02 Å². The Hall–Kier alpha value is -1.86. The van der Waals surface area contributed by atoms with Crippen LogP contribution < -0.4 is 4.72 Å². The van der Waals surface area contributed by atoms with E-state index in [4.69, 9.17) is 16.0 Å². The number of hydrogen-bond acceptors (Lipinski definition) is 5. The summed E-state index contributed by atoms with van der Waals surface area (Å²) < 4.78 is 30.7. The van der Waals surface area contributed by atoms with Gasteiger partial charge in [-0.3, -0.25) is 0 Å². The van der Waals surface area contributed by atoms with E-state index in [0.717, 1.165) is 0 Å². The molecule has 0 bridgehead atoms. The van der Waals surface area contributed by atoms with E-state index in [9.17, 15) is 18.6 Å². The van der Waals surface area contributed by atoms with E-state index in [1.54, 1.807) is 25.1 Å². The van der Waals surface area contributed by atoms with Crippen molar-refractivity contribution in [3.63, 3.8) is 0 Å². The molecule has 0 saturated heterocycles. The molecule has 3 N–H and O–H groups in total. The minimum atomic E-state index is -3.64. The predicted molar refractivity (Wildman–Crippen MR) is 80.2 cm³/mol. The van der Waals surface area contributed by atoms with Gasteiger partial charge in [-0.1, -0.05) is 30.7 Å². The van der Waals surface area contributed by atoms with E-state index >= 15 is 0 Å². The third-order valence-electron chi connectivity index (χ3n) is 2.67. The van der Waals surface area contributed by atoms with Gasteiger partial charge in [0.05, 0.1) is 5.75 Å². The van der Waals surface area contributed by atoms with Crippen LogP contribution in [0.25, 0.3) is 11.3 Å². The molecule has 0 aliphatic heterocycles. The number of sulfonamides is 1. The average molecular weight is 332 g/mol. The molecule has 0 aliphatic carbocycles. The lowest BCUT2D eigenvalue weighted by Gasteiger charge is -2.03. The normalized spacial score (nSPS) is 11.5. The fraction of sp³-hybridized carbons (Fsp3) is 0.231. The maximum atomic E-state index is 11.7. The number of rotatable bonds is 5. The maximum Gasteiger partial charge on any atom is 0.253 e. The first-order valence-corrected chi connectivity index (χ1v) is 8.18. The number of benzene rings is 1.